The number of anilines is 4. The number of nitrogens with two attached hydrogens (primary N) is 4. The predicted octanol–water partition coefficient (Wildman–Crippen LogP) is 2.58. The molecule has 19 N–H and O–H groups in total. The van der Waals surface area contributed by atoms with Crippen LogP contribution >= 0.6 is 29.8 Å². The van der Waals surface area contributed by atoms with Gasteiger partial charge in [-0.2, -0.15) is 19.9 Å². The summed E-state index contributed by atoms with van der Waals surface area (Å²) in [5.41, 5.74) is 23.5. The number of ketones is 6. The maximum absolute atomic E-state index is 13.4. The molecule has 0 saturated heterocycles. The van der Waals surface area contributed by atoms with Gasteiger partial charge in [-0.25, -0.2) is 60.4 Å². The Bertz CT molecular complexity index is 5510. The van der Waals surface area contributed by atoms with Crippen LogP contribution < -0.4 is 80.8 Å². The summed E-state index contributed by atoms with van der Waals surface area (Å²) >= 11 is 0. The van der Waals surface area contributed by atoms with E-state index in [4.69, 9.17) is 57.7 Å². The third kappa shape index (κ3) is 31.2. The van der Waals surface area contributed by atoms with Crippen molar-refractivity contribution < 1.29 is 80.0 Å². The van der Waals surface area contributed by atoms with Crippen molar-refractivity contribution in [1.82, 2.24) is 114 Å². The lowest BCUT2D eigenvalue weighted by atomic mass is 10.2. The molecular weight excluding hydrogens is 1690 g/mol. The second-order valence-electron chi connectivity index (χ2n) is 28.4. The number of nitrogens with zero attached hydrogens (tertiary/aromatic N) is 13. The lowest BCUT2D eigenvalue weighted by Crippen LogP contribution is -2.42. The van der Waals surface area contributed by atoms with Crippen molar-refractivity contribution >= 4 is 145 Å². The number of hydrogen-bond donors (Lipinski definition) is 15. The van der Waals surface area contributed by atoms with E-state index in [1.807, 2.05) is 0 Å². The Morgan fingerprint density at radius 1 is 0.407 bits per heavy atom. The van der Waals surface area contributed by atoms with E-state index in [9.17, 15) is 71.0 Å². The van der Waals surface area contributed by atoms with Crippen LogP contribution in [0, 0.1) is 6.57 Å². The SMILES string of the molecule is CC(=O)[C@@H](C)NP(=O)(COCCn1cnc2c(=O)[nH]c(N)nc21)N[C@H](C)C(=O)OC(C)C.CC(=O)[C@@H](C)NP(=O)(COCCn1cnc2c(=O)[nH]c(N)nc21)N[C@H](C)C(C)=O.CC(=O)[C@H](C)NP(=O)(COCCn1cnc2c(=O)[nH]c(N)nc21)N[C@H](C)C(C)=O.[C-]#[N+]c1ccc(COP(=O)(COCCn2cnc3c(=O)[nH]c(N)nc32)N[C@H](C)C(C)=O)cc1. The largest absolute Gasteiger partial charge is 0.462 e. The number of aromatic amines is 4. The van der Waals surface area contributed by atoms with Crippen LogP contribution in [0.25, 0.3) is 49.5 Å². The molecule has 0 bridgehead atoms. The van der Waals surface area contributed by atoms with Gasteiger partial charge in [0.2, 0.25) is 46.1 Å². The first-order valence-electron chi connectivity index (χ1n) is 37.9. The molecule has 672 valence electrons. The molecule has 9 rings (SSSR count). The fourth-order valence-electron chi connectivity index (χ4n) is 10.4. The van der Waals surface area contributed by atoms with Crippen LogP contribution in [-0.2, 0) is 113 Å². The first-order chi connectivity index (χ1) is 57.7. The molecule has 9 aromatic rings. The van der Waals surface area contributed by atoms with Gasteiger partial charge in [0.25, 0.3) is 29.8 Å². The number of aromatic nitrogens is 16. The molecule has 8 aromatic heterocycles. The van der Waals surface area contributed by atoms with Gasteiger partial charge in [-0.1, -0.05) is 24.3 Å². The fraction of sp³-hybridized carbons (Fsp3) is 0.514. The number of imidazole rings is 4. The van der Waals surface area contributed by atoms with Gasteiger partial charge in [0, 0.05) is 26.2 Å². The molecule has 0 spiro atoms. The van der Waals surface area contributed by atoms with Crippen LogP contribution in [-0.4, -0.2) is 219 Å². The van der Waals surface area contributed by atoms with Gasteiger partial charge in [-0.05, 0) is 109 Å². The van der Waals surface area contributed by atoms with Gasteiger partial charge in [-0.3, -0.25) is 90.9 Å². The number of Topliss-reactive ketones (excluding diaryl/α,β-unsaturated/α-hetero) is 6. The van der Waals surface area contributed by atoms with Crippen LogP contribution in [0.3, 0.4) is 0 Å². The van der Waals surface area contributed by atoms with Crippen molar-refractivity contribution in [2.75, 3.05) is 74.8 Å². The molecule has 0 amide bonds. The Morgan fingerprint density at radius 2 is 0.659 bits per heavy atom. The van der Waals surface area contributed by atoms with Gasteiger partial charge >= 0.3 is 5.97 Å². The number of carbonyl (C=O) groups excluding carboxylic acids is 7. The first kappa shape index (κ1) is 101. The maximum Gasteiger partial charge on any atom is 0.323 e. The lowest BCUT2D eigenvalue weighted by Gasteiger charge is -2.26. The standard InChI is InChI=1S/C20H24N7O5P.C18H30N7O6P.2C16H26N7O5P/c1-13(14(2)28)26-33(30,32-10-15-4-6-16(22-3)7-5-15)12-31-9-8-27-11-23-17-18(27)24-20(21)25-19(17)29;1-10(2)31-17(28)12(4)24-32(29,23-11(3)13(5)26)9-30-7-6-25-8-20-14-15(25)21-18(19)22-16(14)27;2*1-9(11(3)24)21-29(27,22-10(2)12(4)25)8-28-6-5-23-7-18-13-14(23)19-16(17)20-15(13)26/h4-7,11,13H,8-10,12H2,1-2H3,(H,26,30)(H3,21,24,25,29);8,10-12H,6-7,9H2,1-5H3,(H2,23,24,29)(H3,19,21,22,27);2*7,9-10H,5-6,8H2,1-4H3,(H2,21,22,27)(H3,17,19,20,26)/t13-,33?;11-,12-,32?;9-,10+,29?;9-,10-/m11.1/s1. The molecule has 1 aromatic carbocycles. The van der Waals surface area contributed by atoms with Crippen molar-refractivity contribution in [3.8, 4) is 0 Å². The van der Waals surface area contributed by atoms with Crippen LogP contribution in [0.5, 0.6) is 0 Å². The summed E-state index contributed by atoms with van der Waals surface area (Å²) < 4.78 is 92.4. The zero-order valence-electron chi connectivity index (χ0n) is 70.4. The Balaban J connectivity index is 0.000000254. The topological polar surface area (TPSA) is 690 Å². The van der Waals surface area contributed by atoms with Gasteiger partial charge in [0.15, 0.2) is 50.3 Å². The number of nitrogens with one attached hydrogen (secondary N) is 11. The van der Waals surface area contributed by atoms with E-state index in [1.165, 1.54) is 73.8 Å². The Morgan fingerprint density at radius 3 is 0.911 bits per heavy atom. The van der Waals surface area contributed by atoms with Crippen molar-refractivity contribution in [2.45, 2.75) is 185 Å². The van der Waals surface area contributed by atoms with Gasteiger partial charge in [-0.15, -0.1) is 0 Å². The molecule has 0 radical (unpaired) electrons. The minimum absolute atomic E-state index is 0.00861. The number of nitrogen functional groups attached to an aromatic ring is 4. The Kier molecular flexibility index (Phi) is 37.9. The quantitative estimate of drug-likeness (QED) is 0.0113. The van der Waals surface area contributed by atoms with Crippen molar-refractivity contribution in [2.24, 2.45) is 0 Å². The zero-order valence-corrected chi connectivity index (χ0v) is 74.0. The zero-order chi connectivity index (χ0) is 91.6. The Labute approximate surface area is 703 Å². The van der Waals surface area contributed by atoms with E-state index >= 15 is 0 Å². The molecule has 123 heavy (non-hydrogen) atoms. The highest BCUT2D eigenvalue weighted by molar-refractivity contribution is 7.60. The monoisotopic (exact) mass is 1800 g/mol. The average Bonchev–Trinajstić information content (AvgIpc) is 1.68. The lowest BCUT2D eigenvalue weighted by molar-refractivity contribution is -0.149. The van der Waals surface area contributed by atoms with Crippen LogP contribution in [0.1, 0.15) is 109 Å². The summed E-state index contributed by atoms with van der Waals surface area (Å²) in [5, 5.41) is 19.2. The minimum atomic E-state index is -3.55. The number of esters is 1. The summed E-state index contributed by atoms with van der Waals surface area (Å²) in [6, 6.07) is 1.69. The molecule has 0 aliphatic carbocycles. The van der Waals surface area contributed by atoms with Crippen molar-refractivity contribution in [3.63, 3.8) is 0 Å². The Hall–Kier alpha value is -10.8. The fourth-order valence-corrected chi connectivity index (χ4v) is 18.7. The number of ether oxygens (including phenoxy) is 5. The highest BCUT2D eigenvalue weighted by Gasteiger charge is 2.34. The van der Waals surface area contributed by atoms with Crippen LogP contribution in [0.15, 0.2) is 68.8 Å². The molecule has 49 nitrogen and oxygen atoms in total. The molecular formula is C70H106N28O21P4. The van der Waals surface area contributed by atoms with E-state index in [0.717, 1.165) is 5.56 Å². The second kappa shape index (κ2) is 46.1. The van der Waals surface area contributed by atoms with Gasteiger partial charge < -0.3 is 69.4 Å². The number of fused-ring (bicyclic) bond motifs is 4. The van der Waals surface area contributed by atoms with E-state index in [0.29, 0.717) is 28.3 Å². The van der Waals surface area contributed by atoms with E-state index in [-0.39, 0.29) is 171 Å². The molecule has 0 fully saturated rings. The summed E-state index contributed by atoms with van der Waals surface area (Å²) in [4.78, 5) is 174. The van der Waals surface area contributed by atoms with E-state index in [1.54, 1.807) is 97.9 Å². The smallest absolute Gasteiger partial charge is 0.323 e. The van der Waals surface area contributed by atoms with Crippen molar-refractivity contribution in [3.05, 3.63) is 108 Å². The van der Waals surface area contributed by atoms with Crippen molar-refractivity contribution in [1.29, 1.82) is 0 Å². The first-order valence-corrected chi connectivity index (χ1v) is 45.4. The molecule has 3 unspecified atom stereocenters. The second-order valence-corrected chi connectivity index (χ2v) is 37.3. The molecule has 8 heterocycles. The number of H-pyrrole nitrogens is 4. The number of hydrogen-bond acceptors (Lipinski definition) is 33. The van der Waals surface area contributed by atoms with Crippen LogP contribution in [0.2, 0.25) is 0 Å². The summed E-state index contributed by atoms with van der Waals surface area (Å²) in [5.74, 6) is -1.88. The number of carbonyl (C=O) groups is 7. The molecule has 10 atom stereocenters. The highest BCUT2D eigenvalue weighted by atomic mass is 31.2. The normalized spacial score (nSPS) is 14.8. The summed E-state index contributed by atoms with van der Waals surface area (Å²) in [6.45, 7) is 31.2. The average molecular weight is 1800 g/mol. The summed E-state index contributed by atoms with van der Waals surface area (Å²) in [6.07, 6.45) is 4.33. The minimum Gasteiger partial charge on any atom is -0.462 e. The third-order valence-electron chi connectivity index (χ3n) is 17.6. The third-order valence-corrected chi connectivity index (χ3v) is 25.9. The maximum atomic E-state index is 13.4. The van der Waals surface area contributed by atoms with Crippen LogP contribution in [0.4, 0.5) is 29.5 Å². The molecule has 0 aliphatic rings. The van der Waals surface area contributed by atoms with E-state index in [2.05, 4.69) is 100 Å². The van der Waals surface area contributed by atoms with Gasteiger partial charge in [0.1, 0.15) is 66.1 Å². The highest BCUT2D eigenvalue weighted by Crippen LogP contribution is 2.45. The van der Waals surface area contributed by atoms with Gasteiger partial charge in [0.05, 0.1) is 107 Å². The number of benzene rings is 1. The predicted molar refractivity (Wildman–Crippen MR) is 455 cm³/mol. The number of rotatable bonds is 45. The summed E-state index contributed by atoms with van der Waals surface area (Å²) in [7, 11) is -13.8. The molecule has 0 aliphatic heterocycles. The molecule has 0 saturated carbocycles. The molecule has 53 heteroatoms. The van der Waals surface area contributed by atoms with E-state index < -0.39 is 100 Å².